The molecule has 2 aliphatic rings. The van der Waals surface area contributed by atoms with Gasteiger partial charge in [0.2, 0.25) is 0 Å². The van der Waals surface area contributed by atoms with E-state index in [0.717, 1.165) is 17.5 Å². The molecular weight excluding hydrogens is 423 g/mol. The van der Waals surface area contributed by atoms with Gasteiger partial charge in [0.15, 0.2) is 0 Å². The van der Waals surface area contributed by atoms with Crippen LogP contribution >= 0.6 is 0 Å². The number of nitrogens with two attached hydrogens (primary N) is 1. The topological polar surface area (TPSA) is 110 Å². The first-order chi connectivity index (χ1) is 16.0. The predicted molar refractivity (Wildman–Crippen MR) is 118 cm³/mol. The lowest BCUT2D eigenvalue weighted by atomic mass is 10.0. The fourth-order valence-corrected chi connectivity index (χ4v) is 4.66. The number of rotatable bonds is 3. The molecule has 1 aliphatic carbocycles. The van der Waals surface area contributed by atoms with E-state index in [0.29, 0.717) is 22.3 Å². The highest BCUT2D eigenvalue weighted by atomic mass is 19.1. The molecule has 6 rings (SSSR count). The van der Waals surface area contributed by atoms with E-state index < -0.39 is 11.7 Å². The summed E-state index contributed by atoms with van der Waals surface area (Å²) in [6.07, 6.45) is 3.99. The zero-order valence-electron chi connectivity index (χ0n) is 17.7. The van der Waals surface area contributed by atoms with E-state index in [1.54, 1.807) is 24.0 Å². The van der Waals surface area contributed by atoms with Crippen LogP contribution in [0.1, 0.15) is 39.9 Å². The van der Waals surface area contributed by atoms with Gasteiger partial charge >= 0.3 is 0 Å². The van der Waals surface area contributed by atoms with Crippen LogP contribution in [0, 0.1) is 23.1 Å². The third kappa shape index (κ3) is 2.91. The van der Waals surface area contributed by atoms with Crippen LogP contribution in [-0.2, 0) is 0 Å². The second kappa shape index (κ2) is 6.90. The van der Waals surface area contributed by atoms with Crippen LogP contribution in [-0.4, -0.2) is 38.8 Å². The number of imidazole rings is 1. The number of fused-ring (bicyclic) bond motifs is 4. The zero-order valence-corrected chi connectivity index (χ0v) is 17.7. The van der Waals surface area contributed by atoms with Crippen molar-refractivity contribution in [1.29, 1.82) is 5.26 Å². The van der Waals surface area contributed by atoms with E-state index in [1.807, 2.05) is 18.2 Å². The highest BCUT2D eigenvalue weighted by Gasteiger charge is 2.40. The lowest BCUT2D eigenvalue weighted by molar-refractivity contribution is 0.0704. The summed E-state index contributed by atoms with van der Waals surface area (Å²) in [6, 6.07) is 10.5. The number of nitriles is 1. The van der Waals surface area contributed by atoms with E-state index in [1.165, 1.54) is 17.0 Å². The average Bonchev–Trinajstić information content (AvgIpc) is 3.22. The van der Waals surface area contributed by atoms with Crippen molar-refractivity contribution in [2.45, 2.75) is 18.4 Å². The molecule has 0 bridgehead atoms. The summed E-state index contributed by atoms with van der Waals surface area (Å²) in [7, 11) is 1.64. The predicted octanol–water partition coefficient (Wildman–Crippen LogP) is 3.44. The van der Waals surface area contributed by atoms with Crippen LogP contribution in [0.2, 0.25) is 0 Å². The second-order valence-corrected chi connectivity index (χ2v) is 8.58. The van der Waals surface area contributed by atoms with E-state index in [2.05, 4.69) is 16.0 Å². The molecule has 0 radical (unpaired) electrons. The number of amides is 1. The number of hydrogen-bond acceptors (Lipinski definition) is 6. The number of anilines is 1. The Kier molecular flexibility index (Phi) is 4.08. The standard InChI is InChI=1S/C24H19FN6O2/c1-30(21-10-33-22-5-12(2-3-14(21)22)15-4-13(15)8-26)24(32)16-6-19-18(7-17(16)25)29-23(27)20-9-28-11-31(19)20/h2-3,5-7,9,11,13,15,21H,4,10H2,1H3,(H2,27,29)/t13-,15-,21-/m1/s1. The number of hydrogen-bond donors (Lipinski definition) is 1. The maximum atomic E-state index is 15.0. The Balaban J connectivity index is 1.34. The van der Waals surface area contributed by atoms with Crippen LogP contribution in [0.4, 0.5) is 10.2 Å². The lowest BCUT2D eigenvalue weighted by Crippen LogP contribution is -2.32. The Hall–Kier alpha value is -4.19. The Labute approximate surface area is 188 Å². The minimum absolute atomic E-state index is 0.0622. The molecule has 1 fully saturated rings. The molecule has 3 heterocycles. The van der Waals surface area contributed by atoms with E-state index in [-0.39, 0.29) is 35.9 Å². The summed E-state index contributed by atoms with van der Waals surface area (Å²) in [6.45, 7) is 0.284. The Morgan fingerprint density at radius 3 is 2.97 bits per heavy atom. The minimum Gasteiger partial charge on any atom is -0.491 e. The average molecular weight is 442 g/mol. The van der Waals surface area contributed by atoms with Crippen molar-refractivity contribution in [3.63, 3.8) is 0 Å². The lowest BCUT2D eigenvalue weighted by Gasteiger charge is -2.24. The molecule has 1 saturated carbocycles. The highest BCUT2D eigenvalue weighted by molar-refractivity contribution is 5.98. The minimum atomic E-state index is -0.670. The van der Waals surface area contributed by atoms with Crippen molar-refractivity contribution < 1.29 is 13.9 Å². The first kappa shape index (κ1) is 19.5. The molecule has 9 heteroatoms. The van der Waals surface area contributed by atoms with Gasteiger partial charge in [-0.25, -0.2) is 14.4 Å². The normalized spacial score (nSPS) is 20.9. The number of halogens is 1. The fraction of sp³-hybridized carbons (Fsp3) is 0.250. The summed E-state index contributed by atoms with van der Waals surface area (Å²) in [5, 5.41) is 9.09. The molecule has 2 N–H and O–H groups in total. The molecule has 3 atom stereocenters. The van der Waals surface area contributed by atoms with Crippen molar-refractivity contribution in [3.05, 3.63) is 65.4 Å². The van der Waals surface area contributed by atoms with Gasteiger partial charge in [-0.3, -0.25) is 9.20 Å². The smallest absolute Gasteiger partial charge is 0.257 e. The SMILES string of the molecule is CN(C(=O)c1cc2c(cc1F)nc(N)c1cncn12)[C@@H]1COc2cc([C@H]3C[C@@H]3C#N)ccc21. The summed E-state index contributed by atoms with van der Waals surface area (Å²) in [5.41, 5.74) is 9.29. The van der Waals surface area contributed by atoms with E-state index in [4.69, 9.17) is 15.7 Å². The molecule has 2 aromatic heterocycles. The fourth-order valence-electron chi connectivity index (χ4n) is 4.66. The zero-order chi connectivity index (χ0) is 22.9. The number of likely N-dealkylation sites (N-methyl/N-ethyl adjacent to an activating group) is 1. The second-order valence-electron chi connectivity index (χ2n) is 8.58. The number of carbonyl (C=O) groups excluding carboxylic acids is 1. The van der Waals surface area contributed by atoms with E-state index >= 15 is 0 Å². The molecule has 4 aromatic rings. The third-order valence-electron chi connectivity index (χ3n) is 6.66. The molecule has 1 amide bonds. The van der Waals surface area contributed by atoms with Crippen molar-refractivity contribution in [3.8, 4) is 11.8 Å². The summed E-state index contributed by atoms with van der Waals surface area (Å²) in [4.78, 5) is 23.2. The highest BCUT2D eigenvalue weighted by Crippen LogP contribution is 2.49. The summed E-state index contributed by atoms with van der Waals surface area (Å²) < 4.78 is 22.5. The van der Waals surface area contributed by atoms with Crippen LogP contribution in [0.3, 0.4) is 0 Å². The van der Waals surface area contributed by atoms with Gasteiger partial charge in [0.05, 0.1) is 47.1 Å². The third-order valence-corrected chi connectivity index (χ3v) is 6.66. The van der Waals surface area contributed by atoms with E-state index in [9.17, 15) is 9.18 Å². The first-order valence-corrected chi connectivity index (χ1v) is 10.6. The molecule has 33 heavy (non-hydrogen) atoms. The van der Waals surface area contributed by atoms with Gasteiger partial charge in [-0.15, -0.1) is 0 Å². The van der Waals surface area contributed by atoms with Crippen molar-refractivity contribution in [2.75, 3.05) is 19.4 Å². The largest absolute Gasteiger partial charge is 0.491 e. The van der Waals surface area contributed by atoms with Crippen LogP contribution in [0.25, 0.3) is 16.6 Å². The van der Waals surface area contributed by atoms with Crippen molar-refractivity contribution in [1.82, 2.24) is 19.3 Å². The van der Waals surface area contributed by atoms with Crippen LogP contribution in [0.15, 0.2) is 42.9 Å². The molecule has 0 saturated heterocycles. The number of benzene rings is 2. The van der Waals surface area contributed by atoms with Crippen molar-refractivity contribution in [2.24, 2.45) is 5.92 Å². The monoisotopic (exact) mass is 442 g/mol. The molecule has 8 nitrogen and oxygen atoms in total. The van der Waals surface area contributed by atoms with Gasteiger partial charge in [-0.1, -0.05) is 12.1 Å². The van der Waals surface area contributed by atoms with Gasteiger partial charge in [0.25, 0.3) is 5.91 Å². The molecule has 1 aliphatic heterocycles. The maximum absolute atomic E-state index is 15.0. The quantitative estimate of drug-likeness (QED) is 0.521. The maximum Gasteiger partial charge on any atom is 0.257 e. The Morgan fingerprint density at radius 2 is 2.18 bits per heavy atom. The summed E-state index contributed by atoms with van der Waals surface area (Å²) >= 11 is 0. The van der Waals surface area contributed by atoms with Crippen molar-refractivity contribution >= 4 is 28.3 Å². The van der Waals surface area contributed by atoms with Gasteiger partial charge < -0.3 is 15.4 Å². The first-order valence-electron chi connectivity index (χ1n) is 10.6. The molecule has 0 spiro atoms. The molecular formula is C24H19FN6O2. The summed E-state index contributed by atoms with van der Waals surface area (Å²) in [5.74, 6) is 0.124. The number of ether oxygens (including phenoxy) is 1. The molecule has 2 aromatic carbocycles. The molecule has 0 unspecified atom stereocenters. The number of nitrogen functional groups attached to an aromatic ring is 1. The van der Waals surface area contributed by atoms with Gasteiger partial charge in [-0.05, 0) is 24.1 Å². The number of aromatic nitrogens is 3. The number of nitrogens with zero attached hydrogens (tertiary/aromatic N) is 5. The Bertz CT molecular complexity index is 1510. The van der Waals surface area contributed by atoms with Gasteiger partial charge in [0, 0.05) is 24.6 Å². The number of carbonyl (C=O) groups is 1. The van der Waals surface area contributed by atoms with Gasteiger partial charge in [0.1, 0.15) is 29.5 Å². The van der Waals surface area contributed by atoms with Gasteiger partial charge in [-0.2, -0.15) is 5.26 Å². The van der Waals surface area contributed by atoms with Crippen LogP contribution in [0.5, 0.6) is 5.75 Å². The molecule has 164 valence electrons. The van der Waals surface area contributed by atoms with Crippen LogP contribution < -0.4 is 10.5 Å². The Morgan fingerprint density at radius 1 is 1.33 bits per heavy atom.